The molecule has 0 atom stereocenters. The number of nitrogens with one attached hydrogen (secondary N) is 1. The third kappa shape index (κ3) is 3.00. The van der Waals surface area contributed by atoms with Gasteiger partial charge in [-0.1, -0.05) is 23.7 Å². The van der Waals surface area contributed by atoms with Crippen molar-refractivity contribution in [3.8, 4) is 0 Å². The van der Waals surface area contributed by atoms with Crippen LogP contribution in [0.1, 0.15) is 15.9 Å². The smallest absolute Gasteiger partial charge is 0.258 e. The zero-order chi connectivity index (χ0) is 13.1. The average Bonchev–Trinajstić information content (AvgIpc) is 2.33. The predicted molar refractivity (Wildman–Crippen MR) is 81.1 cm³/mol. The summed E-state index contributed by atoms with van der Waals surface area (Å²) < 4.78 is 1.03. The Kier molecular flexibility index (Phi) is 4.19. The van der Waals surface area contributed by atoms with Gasteiger partial charge in [0.05, 0.1) is 10.6 Å². The van der Waals surface area contributed by atoms with Gasteiger partial charge < -0.3 is 5.32 Å². The number of amides is 1. The molecule has 1 heterocycles. The molecule has 1 amide bonds. The van der Waals surface area contributed by atoms with Crippen LogP contribution in [-0.2, 0) is 0 Å². The highest BCUT2D eigenvalue weighted by Crippen LogP contribution is 2.18. The molecule has 0 radical (unpaired) electrons. The first-order valence-corrected chi connectivity index (χ1v) is 6.71. The van der Waals surface area contributed by atoms with Crippen molar-refractivity contribution >= 4 is 45.9 Å². The van der Waals surface area contributed by atoms with E-state index in [1.807, 2.05) is 13.0 Å². The third-order valence-electron chi connectivity index (χ3n) is 2.40. The first-order chi connectivity index (χ1) is 8.58. The monoisotopic (exact) mass is 372 g/mol. The molecule has 2 rings (SSSR count). The summed E-state index contributed by atoms with van der Waals surface area (Å²) in [7, 11) is 0. The molecule has 92 valence electrons. The number of halogens is 2. The second-order valence-corrected chi connectivity index (χ2v) is 5.41. The van der Waals surface area contributed by atoms with Gasteiger partial charge in [0.25, 0.3) is 5.91 Å². The molecule has 3 nitrogen and oxygen atoms in total. The fraction of sp³-hybridized carbons (Fsp3) is 0.0769. The number of hydrogen-bond donors (Lipinski definition) is 1. The molecular formula is C13H10ClIN2O. The third-order valence-corrected chi connectivity index (χ3v) is 3.31. The van der Waals surface area contributed by atoms with Gasteiger partial charge in [0, 0.05) is 9.77 Å². The van der Waals surface area contributed by atoms with Crippen molar-refractivity contribution in [2.45, 2.75) is 6.92 Å². The molecule has 0 aliphatic heterocycles. The van der Waals surface area contributed by atoms with Gasteiger partial charge in [-0.15, -0.1) is 0 Å². The fourth-order valence-corrected chi connectivity index (χ4v) is 2.32. The van der Waals surface area contributed by atoms with Gasteiger partial charge in [0.2, 0.25) is 0 Å². The highest BCUT2D eigenvalue weighted by atomic mass is 127. The van der Waals surface area contributed by atoms with Crippen LogP contribution < -0.4 is 5.32 Å². The standard InChI is InChI=1S/C13H10ClIN2O/c1-8-6-9(15)7-16-12(8)17-13(18)10-4-2-3-5-11(10)14/h2-7H,1H3,(H,16,17,18). The topological polar surface area (TPSA) is 42.0 Å². The maximum Gasteiger partial charge on any atom is 0.258 e. The maximum atomic E-state index is 12.0. The van der Waals surface area contributed by atoms with Crippen molar-refractivity contribution in [2.24, 2.45) is 0 Å². The predicted octanol–water partition coefficient (Wildman–Crippen LogP) is 3.90. The maximum absolute atomic E-state index is 12.0. The molecule has 0 spiro atoms. The second-order valence-electron chi connectivity index (χ2n) is 3.75. The van der Waals surface area contributed by atoms with E-state index in [0.717, 1.165) is 9.13 Å². The van der Waals surface area contributed by atoms with Crippen molar-refractivity contribution in [1.82, 2.24) is 4.98 Å². The van der Waals surface area contributed by atoms with E-state index < -0.39 is 0 Å². The zero-order valence-electron chi connectivity index (χ0n) is 9.58. The Labute approximate surface area is 124 Å². The van der Waals surface area contributed by atoms with E-state index in [1.54, 1.807) is 30.5 Å². The van der Waals surface area contributed by atoms with Crippen molar-refractivity contribution in [1.29, 1.82) is 0 Å². The van der Waals surface area contributed by atoms with Crippen molar-refractivity contribution in [2.75, 3.05) is 5.32 Å². The molecule has 1 aromatic carbocycles. The Morgan fingerprint density at radius 1 is 1.39 bits per heavy atom. The number of aryl methyl sites for hydroxylation is 1. The van der Waals surface area contributed by atoms with E-state index in [0.29, 0.717) is 16.4 Å². The minimum absolute atomic E-state index is 0.252. The molecule has 1 N–H and O–H groups in total. The summed E-state index contributed by atoms with van der Waals surface area (Å²) in [6.07, 6.45) is 1.70. The van der Waals surface area contributed by atoms with Crippen molar-refractivity contribution in [3.63, 3.8) is 0 Å². The number of benzene rings is 1. The molecule has 0 fully saturated rings. The Hall–Kier alpha value is -1.14. The summed E-state index contributed by atoms with van der Waals surface area (Å²) >= 11 is 8.14. The normalized spacial score (nSPS) is 10.2. The number of rotatable bonds is 2. The number of carbonyl (C=O) groups is 1. The molecule has 5 heteroatoms. The molecule has 18 heavy (non-hydrogen) atoms. The van der Waals surface area contributed by atoms with E-state index in [2.05, 4.69) is 32.9 Å². The number of pyridine rings is 1. The minimum Gasteiger partial charge on any atom is -0.306 e. The molecule has 0 saturated carbocycles. The van der Waals surface area contributed by atoms with Crippen molar-refractivity contribution < 1.29 is 4.79 Å². The van der Waals surface area contributed by atoms with Gasteiger partial charge in [-0.25, -0.2) is 4.98 Å². The Bertz CT molecular complexity index is 601. The van der Waals surface area contributed by atoms with Gasteiger partial charge >= 0.3 is 0 Å². The van der Waals surface area contributed by atoms with Crippen LogP contribution in [0.15, 0.2) is 36.5 Å². The zero-order valence-corrected chi connectivity index (χ0v) is 12.5. The van der Waals surface area contributed by atoms with Gasteiger partial charge in [0.1, 0.15) is 5.82 Å². The van der Waals surface area contributed by atoms with Gasteiger partial charge in [-0.2, -0.15) is 0 Å². The van der Waals surface area contributed by atoms with Crippen LogP contribution >= 0.6 is 34.2 Å². The quantitative estimate of drug-likeness (QED) is 0.813. The molecule has 2 aromatic rings. The second kappa shape index (κ2) is 5.67. The number of hydrogen-bond acceptors (Lipinski definition) is 2. The summed E-state index contributed by atoms with van der Waals surface area (Å²) in [5.74, 6) is 0.303. The molecule has 0 aliphatic rings. The first kappa shape index (κ1) is 13.3. The largest absolute Gasteiger partial charge is 0.306 e. The highest BCUT2D eigenvalue weighted by Gasteiger charge is 2.11. The SMILES string of the molecule is Cc1cc(I)cnc1NC(=O)c1ccccc1Cl. The Morgan fingerprint density at radius 3 is 2.78 bits per heavy atom. The Morgan fingerprint density at radius 2 is 2.11 bits per heavy atom. The van der Waals surface area contributed by atoms with Gasteiger partial charge in [0.15, 0.2) is 0 Å². The summed E-state index contributed by atoms with van der Waals surface area (Å²) in [5, 5.41) is 3.19. The molecule has 1 aromatic heterocycles. The molecular weight excluding hydrogens is 363 g/mol. The molecule has 0 aliphatic carbocycles. The van der Waals surface area contributed by atoms with Gasteiger partial charge in [-0.3, -0.25) is 4.79 Å². The molecule has 0 saturated heterocycles. The summed E-state index contributed by atoms with van der Waals surface area (Å²) in [4.78, 5) is 16.2. The lowest BCUT2D eigenvalue weighted by atomic mass is 10.2. The number of nitrogens with zero attached hydrogens (tertiary/aromatic N) is 1. The van der Waals surface area contributed by atoms with E-state index in [-0.39, 0.29) is 5.91 Å². The summed E-state index contributed by atoms with van der Waals surface area (Å²) in [6.45, 7) is 1.90. The summed E-state index contributed by atoms with van der Waals surface area (Å²) in [6, 6.07) is 8.88. The van der Waals surface area contributed by atoms with Crippen LogP contribution in [-0.4, -0.2) is 10.9 Å². The number of carbonyl (C=O) groups excluding carboxylic acids is 1. The summed E-state index contributed by atoms with van der Waals surface area (Å²) in [5.41, 5.74) is 1.36. The molecule has 0 bridgehead atoms. The number of aromatic nitrogens is 1. The lowest BCUT2D eigenvalue weighted by Gasteiger charge is -2.08. The van der Waals surface area contributed by atoms with E-state index in [9.17, 15) is 4.79 Å². The van der Waals surface area contributed by atoms with Crippen molar-refractivity contribution in [3.05, 3.63) is 56.2 Å². The van der Waals surface area contributed by atoms with Crippen LogP contribution in [0.3, 0.4) is 0 Å². The number of anilines is 1. The van der Waals surface area contributed by atoms with E-state index in [1.165, 1.54) is 0 Å². The fourth-order valence-electron chi connectivity index (χ4n) is 1.49. The van der Waals surface area contributed by atoms with Crippen LogP contribution in [0.25, 0.3) is 0 Å². The Balaban J connectivity index is 2.24. The highest BCUT2D eigenvalue weighted by molar-refractivity contribution is 14.1. The van der Waals surface area contributed by atoms with Crippen LogP contribution in [0.2, 0.25) is 5.02 Å². The first-order valence-electron chi connectivity index (χ1n) is 5.26. The average molecular weight is 373 g/mol. The van der Waals surface area contributed by atoms with Crippen LogP contribution in [0.4, 0.5) is 5.82 Å². The van der Waals surface area contributed by atoms with E-state index >= 15 is 0 Å². The van der Waals surface area contributed by atoms with Crippen LogP contribution in [0.5, 0.6) is 0 Å². The van der Waals surface area contributed by atoms with Crippen LogP contribution in [0, 0.1) is 10.5 Å². The lowest BCUT2D eigenvalue weighted by molar-refractivity contribution is 0.102. The minimum atomic E-state index is -0.252. The van der Waals surface area contributed by atoms with Gasteiger partial charge in [-0.05, 0) is 53.3 Å². The lowest BCUT2D eigenvalue weighted by Crippen LogP contribution is -2.14. The molecule has 0 unspecified atom stereocenters. The van der Waals surface area contributed by atoms with E-state index in [4.69, 9.17) is 11.6 Å².